The van der Waals surface area contributed by atoms with E-state index in [-0.39, 0.29) is 6.23 Å². The van der Waals surface area contributed by atoms with Gasteiger partial charge in [0.15, 0.2) is 19.7 Å². The van der Waals surface area contributed by atoms with Crippen LogP contribution in [0, 0.1) is 0 Å². The topological polar surface area (TPSA) is 61.0 Å². The van der Waals surface area contributed by atoms with Crippen molar-refractivity contribution < 1.29 is 4.74 Å². The Morgan fingerprint density at radius 1 is 0.333 bits per heavy atom. The van der Waals surface area contributed by atoms with Crippen molar-refractivity contribution in [3.05, 3.63) is 291 Å². The maximum atomic E-state index is 6.80. The Labute approximate surface area is 452 Å². The standard InChI is InChI=1S/C70H48N6OSi/c1-7-24-48(25-8-1)67-71-68(50-28-23-37-56(44-50)78(53-31-13-4-14-32-53,54-33-15-5-16-34-54)55-35-17-6-18-36-55)73-70(72-67)76-62-43-42-52(75-63-40-21-22-41-66(63)77-69(75)49-26-9-2-10-27-49)45-58(62)60-47-64-59(46-65(60)76)57-38-19-20-39-61(57)74(64)51-29-11-3-12-30-51/h1-47,69H. The molecule has 0 bridgehead atoms. The summed E-state index contributed by atoms with van der Waals surface area (Å²) in [7, 11) is -2.91. The van der Waals surface area contributed by atoms with Crippen molar-refractivity contribution >= 4 is 83.8 Å². The first-order chi connectivity index (χ1) is 38.7. The smallest absolute Gasteiger partial charge is 0.238 e. The van der Waals surface area contributed by atoms with Crippen molar-refractivity contribution in [2.75, 3.05) is 4.90 Å². The van der Waals surface area contributed by atoms with Crippen molar-refractivity contribution in [3.63, 3.8) is 0 Å². The Morgan fingerprint density at radius 3 is 1.51 bits per heavy atom. The van der Waals surface area contributed by atoms with Gasteiger partial charge in [0.2, 0.25) is 12.2 Å². The van der Waals surface area contributed by atoms with Gasteiger partial charge in [0.1, 0.15) is 5.75 Å². The molecule has 0 amide bonds. The molecular weight excluding hydrogens is 969 g/mol. The summed E-state index contributed by atoms with van der Waals surface area (Å²) in [6, 6.07) is 102. The van der Waals surface area contributed by atoms with Crippen LogP contribution in [0.5, 0.6) is 5.75 Å². The second-order valence-electron chi connectivity index (χ2n) is 19.9. The lowest BCUT2D eigenvalue weighted by atomic mass is 10.1. The van der Waals surface area contributed by atoms with Crippen LogP contribution in [0.25, 0.3) is 78.0 Å². The molecule has 0 N–H and O–H groups in total. The van der Waals surface area contributed by atoms with E-state index in [2.05, 4.69) is 269 Å². The highest BCUT2D eigenvalue weighted by atomic mass is 28.3. The van der Waals surface area contributed by atoms with E-state index in [4.69, 9.17) is 19.7 Å². The van der Waals surface area contributed by atoms with Gasteiger partial charge in [-0.05, 0) is 81.4 Å². The summed E-state index contributed by atoms with van der Waals surface area (Å²) >= 11 is 0. The lowest BCUT2D eigenvalue weighted by molar-refractivity contribution is 0.240. The second-order valence-corrected chi connectivity index (χ2v) is 23.7. The zero-order chi connectivity index (χ0) is 51.6. The quantitative estimate of drug-likeness (QED) is 0.101. The summed E-state index contributed by atoms with van der Waals surface area (Å²) in [6.07, 6.45) is -0.371. The number of fused-ring (bicyclic) bond motifs is 7. The van der Waals surface area contributed by atoms with Crippen LogP contribution in [0.4, 0.5) is 11.4 Å². The zero-order valence-corrected chi connectivity index (χ0v) is 43.3. The summed E-state index contributed by atoms with van der Waals surface area (Å²) in [5.74, 6) is 2.54. The molecule has 0 spiro atoms. The van der Waals surface area contributed by atoms with Crippen molar-refractivity contribution in [1.29, 1.82) is 0 Å². The van der Waals surface area contributed by atoms with Crippen LogP contribution < -0.4 is 30.4 Å². The van der Waals surface area contributed by atoms with E-state index >= 15 is 0 Å². The molecule has 0 fully saturated rings. The van der Waals surface area contributed by atoms with Crippen molar-refractivity contribution in [2.45, 2.75) is 6.23 Å². The summed E-state index contributed by atoms with van der Waals surface area (Å²) in [5, 5.41) is 9.53. The molecule has 4 heterocycles. The molecule has 1 atom stereocenters. The van der Waals surface area contributed by atoms with Gasteiger partial charge < -0.3 is 9.30 Å². The number of rotatable bonds is 10. The van der Waals surface area contributed by atoms with Gasteiger partial charge in [-0.25, -0.2) is 4.98 Å². The van der Waals surface area contributed by atoms with Gasteiger partial charge >= 0.3 is 0 Å². The minimum atomic E-state index is -2.91. The largest absolute Gasteiger partial charge is 0.464 e. The number of anilines is 2. The predicted molar refractivity (Wildman–Crippen MR) is 321 cm³/mol. The van der Waals surface area contributed by atoms with E-state index in [0.29, 0.717) is 17.6 Å². The van der Waals surface area contributed by atoms with Gasteiger partial charge in [0.05, 0.1) is 27.8 Å². The number of benzene rings is 11. The predicted octanol–water partition coefficient (Wildman–Crippen LogP) is 14.0. The summed E-state index contributed by atoms with van der Waals surface area (Å²) in [4.78, 5) is 18.8. The molecule has 0 saturated carbocycles. The first-order valence-corrected chi connectivity index (χ1v) is 28.5. The summed E-state index contributed by atoms with van der Waals surface area (Å²) in [6.45, 7) is 0. The number of ether oxygens (including phenoxy) is 1. The number of aromatic nitrogens is 5. The highest BCUT2D eigenvalue weighted by molar-refractivity contribution is 7.19. The molecule has 3 aromatic heterocycles. The van der Waals surface area contributed by atoms with Gasteiger partial charge in [-0.15, -0.1) is 0 Å². The molecule has 7 nitrogen and oxygen atoms in total. The average molecular weight is 1020 g/mol. The molecule has 0 saturated heterocycles. The van der Waals surface area contributed by atoms with Crippen molar-refractivity contribution in [2.24, 2.45) is 0 Å². The SMILES string of the molecule is c1ccc(-c2nc(-c3cccc([Si](c4ccccc4)(c4ccccc4)c4ccccc4)c3)nc(-n3c4ccc(N5c6ccccc6OC5c5ccccc5)cc4c4cc5c(cc43)c3ccccc3n5-c3ccccc3)n2)cc1. The molecule has 8 heteroatoms. The molecule has 1 unspecified atom stereocenters. The normalized spacial score (nSPS) is 13.3. The lowest BCUT2D eigenvalue weighted by Crippen LogP contribution is -2.74. The first-order valence-electron chi connectivity index (χ1n) is 26.5. The van der Waals surface area contributed by atoms with Crippen LogP contribution in [-0.4, -0.2) is 32.2 Å². The Morgan fingerprint density at radius 2 is 0.833 bits per heavy atom. The average Bonchev–Trinajstić information content (AvgIpc) is 4.21. The molecule has 0 radical (unpaired) electrons. The van der Waals surface area contributed by atoms with E-state index < -0.39 is 8.07 Å². The van der Waals surface area contributed by atoms with Crippen LogP contribution in [0.3, 0.4) is 0 Å². The number of hydrogen-bond donors (Lipinski definition) is 0. The molecule has 1 aliphatic heterocycles. The number of nitrogens with zero attached hydrogens (tertiary/aromatic N) is 6. The molecule has 368 valence electrons. The lowest BCUT2D eigenvalue weighted by Gasteiger charge is -2.34. The second kappa shape index (κ2) is 18.6. The van der Waals surface area contributed by atoms with Crippen molar-refractivity contribution in [1.82, 2.24) is 24.1 Å². The molecule has 15 rings (SSSR count). The van der Waals surface area contributed by atoms with Crippen LogP contribution in [0.2, 0.25) is 0 Å². The highest BCUT2D eigenvalue weighted by Gasteiger charge is 2.42. The van der Waals surface area contributed by atoms with E-state index in [1.807, 2.05) is 30.3 Å². The molecule has 78 heavy (non-hydrogen) atoms. The van der Waals surface area contributed by atoms with Crippen LogP contribution in [0.15, 0.2) is 285 Å². The maximum absolute atomic E-state index is 6.80. The molecule has 1 aliphatic rings. The third-order valence-electron chi connectivity index (χ3n) is 15.5. The fourth-order valence-electron chi connectivity index (χ4n) is 12.1. The van der Waals surface area contributed by atoms with Crippen LogP contribution in [0.1, 0.15) is 11.8 Å². The monoisotopic (exact) mass is 1020 g/mol. The van der Waals surface area contributed by atoms with E-state index in [1.165, 1.54) is 20.7 Å². The summed E-state index contributed by atoms with van der Waals surface area (Å²) < 4.78 is 11.4. The van der Waals surface area contributed by atoms with E-state index in [0.717, 1.165) is 83.1 Å². The molecular formula is C70H48N6OSi. The van der Waals surface area contributed by atoms with Crippen molar-refractivity contribution in [3.8, 4) is 40.2 Å². The number of para-hydroxylation sites is 4. The first kappa shape index (κ1) is 45.3. The Hall–Kier alpha value is -10.2. The fraction of sp³-hybridized carbons (Fsp3) is 0.0143. The Balaban J connectivity index is 1.00. The van der Waals surface area contributed by atoms with Gasteiger partial charge in [-0.2, -0.15) is 9.97 Å². The van der Waals surface area contributed by atoms with E-state index in [1.54, 1.807) is 0 Å². The highest BCUT2D eigenvalue weighted by Crippen LogP contribution is 2.49. The summed E-state index contributed by atoms with van der Waals surface area (Å²) in [5.41, 5.74) is 10.2. The molecule has 11 aromatic carbocycles. The molecule has 14 aromatic rings. The van der Waals surface area contributed by atoms with Gasteiger partial charge in [-0.1, -0.05) is 224 Å². The Bertz CT molecular complexity index is 4440. The van der Waals surface area contributed by atoms with Gasteiger partial charge in [-0.3, -0.25) is 9.47 Å². The van der Waals surface area contributed by atoms with E-state index in [9.17, 15) is 0 Å². The Kier molecular flexibility index (Phi) is 10.8. The number of hydrogen-bond acceptors (Lipinski definition) is 5. The zero-order valence-electron chi connectivity index (χ0n) is 42.3. The molecule has 0 aliphatic carbocycles. The minimum Gasteiger partial charge on any atom is -0.464 e. The third kappa shape index (κ3) is 7.29. The van der Waals surface area contributed by atoms with Crippen LogP contribution >= 0.6 is 0 Å². The van der Waals surface area contributed by atoms with Gasteiger partial charge in [0, 0.05) is 49.6 Å². The minimum absolute atomic E-state index is 0.371. The van der Waals surface area contributed by atoms with Gasteiger partial charge in [0.25, 0.3) is 0 Å². The van der Waals surface area contributed by atoms with Crippen LogP contribution in [-0.2, 0) is 0 Å². The third-order valence-corrected chi connectivity index (χ3v) is 20.3. The fourth-order valence-corrected chi connectivity index (χ4v) is 16.9. The maximum Gasteiger partial charge on any atom is 0.238 e.